The maximum absolute atomic E-state index is 12.5. The molecule has 7 nitrogen and oxygen atoms in total. The highest BCUT2D eigenvalue weighted by Gasteiger charge is 2.19. The first-order valence-electron chi connectivity index (χ1n) is 7.61. The summed E-state index contributed by atoms with van der Waals surface area (Å²) in [5.74, 6) is -0.457. The molecule has 25 heavy (non-hydrogen) atoms. The van der Waals surface area contributed by atoms with Gasteiger partial charge >= 0.3 is 11.7 Å². The maximum atomic E-state index is 12.5. The van der Waals surface area contributed by atoms with Crippen molar-refractivity contribution >= 4 is 17.7 Å². The quantitative estimate of drug-likeness (QED) is 0.628. The van der Waals surface area contributed by atoms with Crippen LogP contribution in [-0.2, 0) is 30.0 Å². The zero-order valence-electron chi connectivity index (χ0n) is 14.5. The number of nitrogens with one attached hydrogen (secondary N) is 1. The van der Waals surface area contributed by atoms with Gasteiger partial charge in [-0.25, -0.2) is 9.63 Å². The van der Waals surface area contributed by atoms with E-state index in [0.29, 0.717) is 23.2 Å². The van der Waals surface area contributed by atoms with E-state index in [2.05, 4.69) is 9.57 Å². The molecular weight excluding hydrogens is 346 g/mol. The normalized spacial score (nSPS) is 12.0. The van der Waals surface area contributed by atoms with E-state index in [0.717, 1.165) is 10.1 Å². The fraction of sp³-hybridized carbons (Fsp3) is 0.353. The largest absolute Gasteiger partial charge is 0.468 e. The van der Waals surface area contributed by atoms with Crippen LogP contribution in [0.4, 0.5) is 0 Å². The average molecular weight is 366 g/mol. The Hall–Kier alpha value is -2.38. The number of carbonyl (C=O) groups is 1. The van der Waals surface area contributed by atoms with Crippen LogP contribution in [0.1, 0.15) is 11.3 Å². The molecule has 0 amide bonds. The molecule has 0 unspecified atom stereocenters. The lowest BCUT2D eigenvalue weighted by atomic mass is 10.0. The van der Waals surface area contributed by atoms with E-state index in [9.17, 15) is 14.4 Å². The summed E-state index contributed by atoms with van der Waals surface area (Å²) in [4.78, 5) is 38.4. The molecule has 0 aliphatic rings. The molecule has 0 aliphatic heterocycles. The minimum Gasteiger partial charge on any atom is -0.468 e. The third-order valence-corrected chi connectivity index (χ3v) is 4.52. The van der Waals surface area contributed by atoms with E-state index in [4.69, 9.17) is 11.8 Å². The summed E-state index contributed by atoms with van der Waals surface area (Å²) in [6, 6.07) is 6.52. The zero-order valence-corrected chi connectivity index (χ0v) is 15.3. The lowest BCUT2D eigenvalue weighted by molar-refractivity contribution is -0.142. The molecule has 1 heterocycles. The molecule has 1 atom stereocenters. The minimum absolute atomic E-state index is 0.344. The van der Waals surface area contributed by atoms with Crippen LogP contribution in [0.2, 0.25) is 0 Å². The first-order valence-corrected chi connectivity index (χ1v) is 7.99. The van der Waals surface area contributed by atoms with Crippen molar-refractivity contribution in [2.24, 2.45) is 14.1 Å². The van der Waals surface area contributed by atoms with E-state index < -0.39 is 12.0 Å². The summed E-state index contributed by atoms with van der Waals surface area (Å²) in [6.07, 6.45) is 0.348. The van der Waals surface area contributed by atoms with Gasteiger partial charge in [0.15, 0.2) is 0 Å². The van der Waals surface area contributed by atoms with Crippen LogP contribution in [0, 0.1) is 6.92 Å². The predicted octanol–water partition coefficient (Wildman–Crippen LogP) is 0.887. The number of benzene rings is 1. The fourth-order valence-corrected chi connectivity index (χ4v) is 2.80. The van der Waals surface area contributed by atoms with Gasteiger partial charge in [0.2, 0.25) is 0 Å². The molecule has 0 aliphatic carbocycles. The van der Waals surface area contributed by atoms with E-state index in [1.54, 1.807) is 26.1 Å². The van der Waals surface area contributed by atoms with Crippen molar-refractivity contribution in [3.05, 3.63) is 56.4 Å². The molecule has 2 rings (SSSR count). The van der Waals surface area contributed by atoms with Gasteiger partial charge in [-0.3, -0.25) is 14.2 Å². The highest BCUT2D eigenvalue weighted by molar-refractivity contribution is 6.14. The van der Waals surface area contributed by atoms with Gasteiger partial charge in [-0.1, -0.05) is 24.3 Å². The highest BCUT2D eigenvalue weighted by Crippen LogP contribution is 2.19. The summed E-state index contributed by atoms with van der Waals surface area (Å²) in [7, 11) is 4.38. The number of methoxy groups -OCH3 is 1. The molecule has 134 valence electrons. The molecule has 0 saturated heterocycles. The van der Waals surface area contributed by atoms with Crippen LogP contribution in [0.25, 0.3) is 11.1 Å². The van der Waals surface area contributed by atoms with Crippen LogP contribution >= 0.6 is 11.8 Å². The SMILES string of the molecule is COC(=O)[C@H](Cc1ccc(-c2c(C)n(C)c(=O)n(C)c2=O)cc1)NCl. The van der Waals surface area contributed by atoms with E-state index in [1.165, 1.54) is 18.7 Å². The summed E-state index contributed by atoms with van der Waals surface area (Å²) in [6.45, 7) is 1.73. The Morgan fingerprint density at radius 1 is 1.20 bits per heavy atom. The number of carbonyl (C=O) groups excluding carboxylic acids is 1. The molecule has 2 aromatic rings. The maximum Gasteiger partial charge on any atom is 0.330 e. The predicted molar refractivity (Wildman–Crippen MR) is 95.6 cm³/mol. The molecule has 1 aromatic carbocycles. The van der Waals surface area contributed by atoms with Gasteiger partial charge < -0.3 is 9.30 Å². The standard InChI is InChI=1S/C17H20ClN3O4/c1-10-14(15(22)21(3)17(24)20(10)2)12-7-5-11(6-8-12)9-13(19-18)16(23)25-4/h5-8,13,19H,9H2,1-4H3/t13-/m0/s1. The lowest BCUT2D eigenvalue weighted by Gasteiger charge is -2.14. The highest BCUT2D eigenvalue weighted by atomic mass is 35.5. The Balaban J connectivity index is 2.40. The molecule has 8 heteroatoms. The van der Waals surface area contributed by atoms with Crippen LogP contribution < -0.4 is 16.1 Å². The topological polar surface area (TPSA) is 82.3 Å². The van der Waals surface area contributed by atoms with Crippen LogP contribution in [-0.4, -0.2) is 28.3 Å². The number of aromatic nitrogens is 2. The zero-order chi connectivity index (χ0) is 18.7. The summed E-state index contributed by atoms with van der Waals surface area (Å²) in [5.41, 5.74) is 1.91. The summed E-state index contributed by atoms with van der Waals surface area (Å²) >= 11 is 5.58. The third kappa shape index (κ3) is 3.67. The molecule has 1 N–H and O–H groups in total. The van der Waals surface area contributed by atoms with E-state index in [-0.39, 0.29) is 11.2 Å². The number of hydrogen-bond acceptors (Lipinski definition) is 5. The van der Waals surface area contributed by atoms with Gasteiger partial charge in [-0.05, 0) is 36.2 Å². The van der Waals surface area contributed by atoms with Crippen LogP contribution in [0.15, 0.2) is 33.9 Å². The lowest BCUT2D eigenvalue weighted by Crippen LogP contribution is -2.39. The van der Waals surface area contributed by atoms with Gasteiger partial charge in [-0.15, -0.1) is 0 Å². The Kier molecular flexibility index (Phi) is 5.81. The summed E-state index contributed by atoms with van der Waals surface area (Å²) < 4.78 is 7.20. The van der Waals surface area contributed by atoms with Crippen molar-refractivity contribution in [3.63, 3.8) is 0 Å². The van der Waals surface area contributed by atoms with Gasteiger partial charge in [0.1, 0.15) is 6.04 Å². The minimum atomic E-state index is -0.662. The number of halogens is 1. The average Bonchev–Trinajstić information content (AvgIpc) is 2.63. The number of hydrogen-bond donors (Lipinski definition) is 1. The van der Waals surface area contributed by atoms with Crippen molar-refractivity contribution in [1.29, 1.82) is 0 Å². The summed E-state index contributed by atoms with van der Waals surface area (Å²) in [5, 5.41) is 0. The van der Waals surface area contributed by atoms with Crippen molar-refractivity contribution < 1.29 is 9.53 Å². The second kappa shape index (κ2) is 7.67. The Bertz CT molecular complexity index is 900. The molecule has 1 aromatic heterocycles. The monoisotopic (exact) mass is 365 g/mol. The second-order valence-electron chi connectivity index (χ2n) is 5.75. The van der Waals surface area contributed by atoms with Gasteiger partial charge in [0.05, 0.1) is 12.7 Å². The van der Waals surface area contributed by atoms with Crippen molar-refractivity contribution in [1.82, 2.24) is 14.0 Å². The smallest absolute Gasteiger partial charge is 0.330 e. The van der Waals surface area contributed by atoms with Crippen LogP contribution in [0.3, 0.4) is 0 Å². The first kappa shape index (κ1) is 19.0. The van der Waals surface area contributed by atoms with E-state index >= 15 is 0 Å². The van der Waals surface area contributed by atoms with E-state index in [1.807, 2.05) is 12.1 Å². The van der Waals surface area contributed by atoms with Gasteiger partial charge in [0.25, 0.3) is 5.56 Å². The Morgan fingerprint density at radius 2 is 1.80 bits per heavy atom. The van der Waals surface area contributed by atoms with Crippen molar-refractivity contribution in [3.8, 4) is 11.1 Å². The molecule has 0 bridgehead atoms. The van der Waals surface area contributed by atoms with Crippen molar-refractivity contribution in [2.45, 2.75) is 19.4 Å². The number of esters is 1. The fourth-order valence-electron chi connectivity index (χ4n) is 2.63. The molecule has 0 radical (unpaired) electrons. The van der Waals surface area contributed by atoms with Crippen molar-refractivity contribution in [2.75, 3.05) is 7.11 Å². The Morgan fingerprint density at radius 3 is 2.32 bits per heavy atom. The number of rotatable bonds is 5. The number of ether oxygens (including phenoxy) is 1. The molecular formula is C17H20ClN3O4. The molecule has 0 spiro atoms. The van der Waals surface area contributed by atoms with Gasteiger partial charge in [-0.2, -0.15) is 0 Å². The number of nitrogens with zero attached hydrogens (tertiary/aromatic N) is 2. The first-order chi connectivity index (χ1) is 11.8. The van der Waals surface area contributed by atoms with Gasteiger partial charge in [0, 0.05) is 19.8 Å². The second-order valence-corrected chi connectivity index (χ2v) is 5.97. The Labute approximate surface area is 149 Å². The van der Waals surface area contributed by atoms with Crippen LogP contribution in [0.5, 0.6) is 0 Å². The molecule has 0 saturated carbocycles. The molecule has 0 fully saturated rings. The third-order valence-electron chi connectivity index (χ3n) is 4.26.